The van der Waals surface area contributed by atoms with Crippen LogP contribution in [0.4, 0.5) is 11.4 Å². The number of hydrogen-bond donors (Lipinski definition) is 0. The van der Waals surface area contributed by atoms with Gasteiger partial charge in [-0.3, -0.25) is 15.0 Å². The highest BCUT2D eigenvalue weighted by Crippen LogP contribution is 2.28. The Morgan fingerprint density at radius 2 is 1.93 bits per heavy atom. The normalized spacial score (nSPS) is 14.7. The number of anilines is 1. The maximum atomic E-state index is 11.0. The van der Waals surface area contributed by atoms with Gasteiger partial charge in [0.1, 0.15) is 10.8 Å². The van der Waals surface area contributed by atoms with Crippen molar-refractivity contribution in [2.45, 2.75) is 6.54 Å². The van der Waals surface area contributed by atoms with Crippen LogP contribution in [0, 0.1) is 10.1 Å². The lowest BCUT2D eigenvalue weighted by Gasteiger charge is -2.35. The Balaban J connectivity index is 1.36. The van der Waals surface area contributed by atoms with Crippen molar-refractivity contribution in [2.75, 3.05) is 38.2 Å². The molecule has 0 spiro atoms. The molecule has 1 aromatic heterocycles. The van der Waals surface area contributed by atoms with Gasteiger partial charge in [0, 0.05) is 61.5 Å². The third-order valence-corrected chi connectivity index (χ3v) is 5.97. The molecule has 0 bridgehead atoms. The van der Waals surface area contributed by atoms with Crippen LogP contribution in [-0.2, 0) is 6.54 Å². The van der Waals surface area contributed by atoms with Crippen LogP contribution in [0.15, 0.2) is 53.9 Å². The molecule has 1 saturated heterocycles. The second-order valence-corrected chi connectivity index (χ2v) is 7.77. The Kier molecular flexibility index (Phi) is 5.73. The summed E-state index contributed by atoms with van der Waals surface area (Å²) in [5, 5.41) is 14.1. The average molecular weight is 410 g/mol. The van der Waals surface area contributed by atoms with Gasteiger partial charge in [-0.2, -0.15) is 0 Å². The van der Waals surface area contributed by atoms with Crippen molar-refractivity contribution in [3.63, 3.8) is 0 Å². The number of rotatable bonds is 6. The Morgan fingerprint density at radius 1 is 1.14 bits per heavy atom. The molecule has 0 saturated carbocycles. The number of thiazole rings is 1. The predicted octanol–water partition coefficient (Wildman–Crippen LogP) is 4.05. The zero-order chi connectivity index (χ0) is 20.2. The van der Waals surface area contributed by atoms with Crippen LogP contribution < -0.4 is 9.64 Å². The summed E-state index contributed by atoms with van der Waals surface area (Å²) in [7, 11) is 1.67. The zero-order valence-corrected chi connectivity index (χ0v) is 17.0. The summed E-state index contributed by atoms with van der Waals surface area (Å²) < 4.78 is 5.30. The van der Waals surface area contributed by atoms with Crippen LogP contribution in [0.2, 0.25) is 0 Å². The van der Waals surface area contributed by atoms with Crippen LogP contribution in [0.3, 0.4) is 0 Å². The van der Waals surface area contributed by atoms with E-state index in [-0.39, 0.29) is 10.6 Å². The van der Waals surface area contributed by atoms with Crippen molar-refractivity contribution in [3.05, 3.63) is 69.7 Å². The first kappa shape index (κ1) is 19.4. The Morgan fingerprint density at radius 3 is 2.69 bits per heavy atom. The van der Waals surface area contributed by atoms with E-state index in [0.717, 1.165) is 60.4 Å². The first-order chi connectivity index (χ1) is 14.1. The SMILES string of the molecule is COc1cccc(-c2nc(CN3CCN(c4cccc([N+](=O)[O-])c4)CC3)cs2)c1. The molecule has 29 heavy (non-hydrogen) atoms. The summed E-state index contributed by atoms with van der Waals surface area (Å²) in [5.74, 6) is 0.830. The highest BCUT2D eigenvalue weighted by atomic mass is 32.1. The van der Waals surface area contributed by atoms with Gasteiger partial charge < -0.3 is 9.64 Å². The van der Waals surface area contributed by atoms with Crippen molar-refractivity contribution < 1.29 is 9.66 Å². The molecule has 150 valence electrons. The summed E-state index contributed by atoms with van der Waals surface area (Å²) in [6, 6.07) is 14.8. The molecule has 1 aliphatic heterocycles. The number of aromatic nitrogens is 1. The molecule has 0 radical (unpaired) electrons. The number of nitro groups is 1. The molecule has 8 heteroatoms. The van der Waals surface area contributed by atoms with Crippen molar-refractivity contribution in [3.8, 4) is 16.3 Å². The summed E-state index contributed by atoms with van der Waals surface area (Å²) in [6.07, 6.45) is 0. The summed E-state index contributed by atoms with van der Waals surface area (Å²) in [5.41, 5.74) is 3.18. The van der Waals surface area contributed by atoms with Gasteiger partial charge >= 0.3 is 0 Å². The van der Waals surface area contributed by atoms with Crippen molar-refractivity contribution in [1.29, 1.82) is 0 Å². The quantitative estimate of drug-likeness (QED) is 0.451. The molecule has 0 N–H and O–H groups in total. The largest absolute Gasteiger partial charge is 0.497 e. The topological polar surface area (TPSA) is 71.7 Å². The summed E-state index contributed by atoms with van der Waals surface area (Å²) in [6.45, 7) is 4.29. The minimum Gasteiger partial charge on any atom is -0.497 e. The van der Waals surface area contributed by atoms with Crippen LogP contribution in [0.25, 0.3) is 10.6 Å². The van der Waals surface area contributed by atoms with Crippen LogP contribution in [-0.4, -0.2) is 48.1 Å². The highest BCUT2D eigenvalue weighted by Gasteiger charge is 2.19. The third kappa shape index (κ3) is 4.55. The van der Waals surface area contributed by atoms with Gasteiger partial charge in [-0.25, -0.2) is 4.98 Å². The van der Waals surface area contributed by atoms with E-state index in [1.165, 1.54) is 6.07 Å². The lowest BCUT2D eigenvalue weighted by molar-refractivity contribution is -0.384. The molecule has 1 aliphatic rings. The molecule has 0 atom stereocenters. The van der Waals surface area contributed by atoms with E-state index in [1.807, 2.05) is 30.3 Å². The monoisotopic (exact) mass is 410 g/mol. The Bertz CT molecular complexity index is 999. The number of nitro benzene ring substituents is 1. The molecule has 0 amide bonds. The highest BCUT2D eigenvalue weighted by molar-refractivity contribution is 7.13. The Hall–Kier alpha value is -2.97. The van der Waals surface area contributed by atoms with Crippen LogP contribution >= 0.6 is 11.3 Å². The standard InChI is InChI=1S/C21H22N4O3S/c1-28-20-7-2-4-16(12-20)21-22-17(15-29-21)14-23-8-10-24(11-9-23)18-5-3-6-19(13-18)25(26)27/h2-7,12-13,15H,8-11,14H2,1H3. The molecule has 1 fully saturated rings. The van der Waals surface area contributed by atoms with E-state index < -0.39 is 0 Å². The maximum Gasteiger partial charge on any atom is 0.271 e. The van der Waals surface area contributed by atoms with E-state index in [4.69, 9.17) is 9.72 Å². The summed E-state index contributed by atoms with van der Waals surface area (Å²) >= 11 is 1.64. The lowest BCUT2D eigenvalue weighted by atomic mass is 10.2. The van der Waals surface area contributed by atoms with Crippen LogP contribution in [0.5, 0.6) is 5.75 Å². The van der Waals surface area contributed by atoms with Crippen LogP contribution in [0.1, 0.15) is 5.69 Å². The molecular formula is C21H22N4O3S. The molecule has 0 unspecified atom stereocenters. The minimum absolute atomic E-state index is 0.137. The van der Waals surface area contributed by atoms with Gasteiger partial charge in [-0.1, -0.05) is 18.2 Å². The van der Waals surface area contributed by atoms with Gasteiger partial charge in [0.05, 0.1) is 17.7 Å². The molecule has 4 rings (SSSR count). The van der Waals surface area contributed by atoms with Gasteiger partial charge in [0.15, 0.2) is 0 Å². The Labute approximate surface area is 173 Å². The molecule has 2 heterocycles. The number of ether oxygens (including phenoxy) is 1. The second-order valence-electron chi connectivity index (χ2n) is 6.92. The molecule has 0 aliphatic carbocycles. The number of hydrogen-bond acceptors (Lipinski definition) is 7. The van der Waals surface area contributed by atoms with Gasteiger partial charge in [-0.05, 0) is 18.2 Å². The lowest BCUT2D eigenvalue weighted by Crippen LogP contribution is -2.46. The van der Waals surface area contributed by atoms with Gasteiger partial charge in [-0.15, -0.1) is 11.3 Å². The van der Waals surface area contributed by atoms with Gasteiger partial charge in [0.2, 0.25) is 0 Å². The number of non-ortho nitro benzene ring substituents is 1. The zero-order valence-electron chi connectivity index (χ0n) is 16.2. The molecular weight excluding hydrogens is 388 g/mol. The fraction of sp³-hybridized carbons (Fsp3) is 0.286. The minimum atomic E-state index is -0.345. The molecule has 7 nitrogen and oxygen atoms in total. The number of methoxy groups -OCH3 is 1. The molecule has 2 aromatic carbocycles. The third-order valence-electron chi connectivity index (χ3n) is 5.03. The second kappa shape index (κ2) is 8.59. The number of piperazine rings is 1. The van der Waals surface area contributed by atoms with E-state index in [1.54, 1.807) is 30.6 Å². The van der Waals surface area contributed by atoms with E-state index in [9.17, 15) is 10.1 Å². The maximum absolute atomic E-state index is 11.0. The van der Waals surface area contributed by atoms with Crippen molar-refractivity contribution >= 4 is 22.7 Å². The smallest absolute Gasteiger partial charge is 0.271 e. The van der Waals surface area contributed by atoms with E-state index in [2.05, 4.69) is 15.2 Å². The van der Waals surface area contributed by atoms with Crippen molar-refractivity contribution in [1.82, 2.24) is 9.88 Å². The predicted molar refractivity (Wildman–Crippen MR) is 115 cm³/mol. The average Bonchev–Trinajstić information content (AvgIpc) is 3.23. The first-order valence-corrected chi connectivity index (χ1v) is 10.3. The molecule has 3 aromatic rings. The van der Waals surface area contributed by atoms with E-state index in [0.29, 0.717) is 0 Å². The van der Waals surface area contributed by atoms with Crippen molar-refractivity contribution in [2.24, 2.45) is 0 Å². The summed E-state index contributed by atoms with van der Waals surface area (Å²) in [4.78, 5) is 20.0. The number of nitrogens with zero attached hydrogens (tertiary/aromatic N) is 4. The number of benzene rings is 2. The van der Waals surface area contributed by atoms with Gasteiger partial charge in [0.25, 0.3) is 5.69 Å². The fourth-order valence-electron chi connectivity index (χ4n) is 3.46. The van der Waals surface area contributed by atoms with E-state index >= 15 is 0 Å². The fourth-order valence-corrected chi connectivity index (χ4v) is 4.27. The first-order valence-electron chi connectivity index (χ1n) is 9.43.